The molecule has 4 N–H and O–H groups in total. The number of nitrogens with zero attached hydrogens (tertiary/aromatic N) is 3. The van der Waals surface area contributed by atoms with Crippen LogP contribution in [0.15, 0.2) is 36.4 Å². The highest BCUT2D eigenvalue weighted by molar-refractivity contribution is 5.69. The topological polar surface area (TPSA) is 80.3 Å². The fourth-order valence-corrected chi connectivity index (χ4v) is 3.04. The summed E-state index contributed by atoms with van der Waals surface area (Å²) in [6.45, 7) is 6.31. The fraction of sp³-hybridized carbons (Fsp3) is 0.294. The molecule has 3 aromatic rings. The molecule has 118 valence electrons. The third kappa shape index (κ3) is 2.14. The first-order valence-corrected chi connectivity index (χ1v) is 7.71. The van der Waals surface area contributed by atoms with Gasteiger partial charge in [0.15, 0.2) is 5.65 Å². The Morgan fingerprint density at radius 2 is 2.09 bits per heavy atom. The minimum atomic E-state index is -0.0799. The zero-order chi connectivity index (χ0) is 16.2. The van der Waals surface area contributed by atoms with E-state index >= 15 is 0 Å². The van der Waals surface area contributed by atoms with Gasteiger partial charge in [0.25, 0.3) is 0 Å². The maximum Gasteiger partial charge on any atom is 0.247 e. The van der Waals surface area contributed by atoms with E-state index in [4.69, 9.17) is 5.73 Å². The molecule has 3 heterocycles. The molecule has 0 fully saturated rings. The van der Waals surface area contributed by atoms with Crippen molar-refractivity contribution in [2.75, 3.05) is 10.6 Å². The highest BCUT2D eigenvalue weighted by Gasteiger charge is 2.36. The first kappa shape index (κ1) is 14.0. The quantitative estimate of drug-likeness (QED) is 0.678. The molecular weight excluding hydrogens is 288 g/mol. The summed E-state index contributed by atoms with van der Waals surface area (Å²) in [5.41, 5.74) is 11.2. The number of hydrogen-bond acceptors (Lipinski definition) is 5. The lowest BCUT2D eigenvalue weighted by Crippen LogP contribution is -2.40. The van der Waals surface area contributed by atoms with E-state index in [1.165, 1.54) is 5.56 Å². The molecule has 0 aliphatic carbocycles. The van der Waals surface area contributed by atoms with Crippen LogP contribution in [-0.4, -0.2) is 20.8 Å². The number of benzene rings is 1. The van der Waals surface area contributed by atoms with Gasteiger partial charge in [-0.05, 0) is 36.8 Å². The maximum absolute atomic E-state index is 6.17. The van der Waals surface area contributed by atoms with E-state index in [-0.39, 0.29) is 11.6 Å². The summed E-state index contributed by atoms with van der Waals surface area (Å²) in [6, 6.07) is 12.1. The van der Waals surface area contributed by atoms with Crippen LogP contribution < -0.4 is 16.4 Å². The number of aromatic nitrogens is 3. The zero-order valence-corrected chi connectivity index (χ0v) is 13.5. The number of fused-ring (bicyclic) bond motifs is 2. The molecule has 6 nitrogen and oxygen atoms in total. The van der Waals surface area contributed by atoms with Crippen molar-refractivity contribution in [3.8, 4) is 0 Å². The molecular formula is C17H20N6. The molecule has 0 bridgehead atoms. The summed E-state index contributed by atoms with van der Waals surface area (Å²) in [6.07, 6.45) is -0.0799. The zero-order valence-electron chi connectivity index (χ0n) is 13.5. The molecule has 1 aromatic carbocycles. The average Bonchev–Trinajstić information content (AvgIpc) is 2.99. The van der Waals surface area contributed by atoms with E-state index in [2.05, 4.69) is 46.7 Å². The lowest BCUT2D eigenvalue weighted by Gasteiger charge is -2.23. The molecule has 23 heavy (non-hydrogen) atoms. The highest BCUT2D eigenvalue weighted by Crippen LogP contribution is 2.40. The van der Waals surface area contributed by atoms with Gasteiger partial charge in [0.1, 0.15) is 0 Å². The normalized spacial score (nSPS) is 18.7. The third-order valence-electron chi connectivity index (χ3n) is 4.61. The van der Waals surface area contributed by atoms with Crippen LogP contribution in [0.5, 0.6) is 0 Å². The van der Waals surface area contributed by atoms with Gasteiger partial charge in [-0.25, -0.2) is 4.52 Å². The number of hydrogen-bond donors (Lipinski definition) is 3. The molecule has 2 aromatic heterocycles. The number of aryl methyl sites for hydroxylation is 1. The summed E-state index contributed by atoms with van der Waals surface area (Å²) in [7, 11) is 0. The van der Waals surface area contributed by atoms with Gasteiger partial charge < -0.3 is 16.4 Å². The van der Waals surface area contributed by atoms with Crippen LogP contribution in [0.1, 0.15) is 25.1 Å². The lowest BCUT2D eigenvalue weighted by molar-refractivity contribution is 0.471. The van der Waals surface area contributed by atoms with Gasteiger partial charge in [-0.1, -0.05) is 26.0 Å². The SMILES string of the molecule is Cc1cccc2nc(Nc3ccc4c(c3)NC(N)C4(C)C)nn12. The molecule has 4 rings (SSSR count). The van der Waals surface area contributed by atoms with E-state index in [9.17, 15) is 0 Å². The third-order valence-corrected chi connectivity index (χ3v) is 4.61. The molecule has 1 atom stereocenters. The molecule has 0 radical (unpaired) electrons. The van der Waals surface area contributed by atoms with Crippen molar-refractivity contribution in [1.82, 2.24) is 14.6 Å². The predicted octanol–water partition coefficient (Wildman–Crippen LogP) is 2.77. The van der Waals surface area contributed by atoms with E-state index in [0.717, 1.165) is 22.7 Å². The Kier molecular flexibility index (Phi) is 2.86. The molecule has 0 saturated heterocycles. The maximum atomic E-state index is 6.17. The van der Waals surface area contributed by atoms with Crippen molar-refractivity contribution >= 4 is 23.0 Å². The minimum absolute atomic E-state index is 0.0771. The number of nitrogens with two attached hydrogens (primary N) is 1. The van der Waals surface area contributed by atoms with E-state index in [1.54, 1.807) is 0 Å². The van der Waals surface area contributed by atoms with Crippen LogP contribution in [0.25, 0.3) is 5.65 Å². The Hall–Kier alpha value is -2.60. The van der Waals surface area contributed by atoms with Crippen molar-refractivity contribution in [3.05, 3.63) is 47.7 Å². The van der Waals surface area contributed by atoms with E-state index in [0.29, 0.717) is 5.95 Å². The molecule has 1 aliphatic rings. The van der Waals surface area contributed by atoms with E-state index < -0.39 is 0 Å². The van der Waals surface area contributed by atoms with Crippen LogP contribution >= 0.6 is 0 Å². The first-order chi connectivity index (χ1) is 10.9. The monoisotopic (exact) mass is 308 g/mol. The van der Waals surface area contributed by atoms with Crippen LogP contribution in [0, 0.1) is 6.92 Å². The molecule has 6 heteroatoms. The van der Waals surface area contributed by atoms with Crippen LogP contribution in [0.2, 0.25) is 0 Å². The Labute approximate surface area is 134 Å². The Balaban J connectivity index is 1.67. The van der Waals surface area contributed by atoms with Crippen molar-refractivity contribution in [2.24, 2.45) is 5.73 Å². The second-order valence-electron chi connectivity index (χ2n) is 6.60. The van der Waals surface area contributed by atoms with Crippen LogP contribution in [0.3, 0.4) is 0 Å². The number of nitrogens with one attached hydrogen (secondary N) is 2. The Morgan fingerprint density at radius 1 is 1.26 bits per heavy atom. The highest BCUT2D eigenvalue weighted by atomic mass is 15.4. The number of pyridine rings is 1. The predicted molar refractivity (Wildman–Crippen MR) is 92.1 cm³/mol. The van der Waals surface area contributed by atoms with Crippen molar-refractivity contribution in [3.63, 3.8) is 0 Å². The summed E-state index contributed by atoms with van der Waals surface area (Å²) in [5.74, 6) is 0.584. The molecule has 1 unspecified atom stereocenters. The van der Waals surface area contributed by atoms with Gasteiger partial charge in [0, 0.05) is 22.5 Å². The van der Waals surface area contributed by atoms with Gasteiger partial charge in [-0.3, -0.25) is 0 Å². The fourth-order valence-electron chi connectivity index (χ4n) is 3.04. The Bertz CT molecular complexity index is 895. The average molecular weight is 308 g/mol. The molecule has 0 saturated carbocycles. The summed E-state index contributed by atoms with van der Waals surface area (Å²) in [4.78, 5) is 4.50. The minimum Gasteiger partial charge on any atom is -0.369 e. The largest absolute Gasteiger partial charge is 0.369 e. The van der Waals surface area contributed by atoms with E-state index in [1.807, 2.05) is 35.7 Å². The van der Waals surface area contributed by atoms with Gasteiger partial charge in [0.05, 0.1) is 6.17 Å². The smallest absolute Gasteiger partial charge is 0.247 e. The molecule has 0 amide bonds. The second kappa shape index (κ2) is 4.70. The van der Waals surface area contributed by atoms with Crippen molar-refractivity contribution < 1.29 is 0 Å². The molecule has 0 spiro atoms. The van der Waals surface area contributed by atoms with Crippen LogP contribution in [-0.2, 0) is 5.41 Å². The summed E-state index contributed by atoms with van der Waals surface area (Å²) in [5, 5.41) is 11.1. The van der Waals surface area contributed by atoms with Crippen molar-refractivity contribution in [2.45, 2.75) is 32.4 Å². The van der Waals surface area contributed by atoms with Gasteiger partial charge in [0.2, 0.25) is 5.95 Å². The summed E-state index contributed by atoms with van der Waals surface area (Å²) < 4.78 is 1.83. The Morgan fingerprint density at radius 3 is 2.87 bits per heavy atom. The van der Waals surface area contributed by atoms with Gasteiger partial charge in [-0.15, -0.1) is 5.10 Å². The van der Waals surface area contributed by atoms with Gasteiger partial charge >= 0.3 is 0 Å². The van der Waals surface area contributed by atoms with Gasteiger partial charge in [-0.2, -0.15) is 4.98 Å². The second-order valence-corrected chi connectivity index (χ2v) is 6.60. The van der Waals surface area contributed by atoms with Crippen LogP contribution in [0.4, 0.5) is 17.3 Å². The number of rotatable bonds is 2. The van der Waals surface area contributed by atoms with Crippen molar-refractivity contribution in [1.29, 1.82) is 0 Å². The summed E-state index contributed by atoms with van der Waals surface area (Å²) >= 11 is 0. The lowest BCUT2D eigenvalue weighted by atomic mass is 9.84. The first-order valence-electron chi connectivity index (χ1n) is 7.71. The standard InChI is InChI=1S/C17H20N6/c1-10-5-4-6-14-21-16(22-23(10)14)19-11-7-8-12-13(9-11)20-15(18)17(12,2)3/h4-9,15,20H,18H2,1-3H3,(H,19,22). The number of anilines is 3. The molecule has 1 aliphatic heterocycles.